The minimum absolute atomic E-state index is 0.462. The second-order valence-electron chi connectivity index (χ2n) is 23.2. The minimum Gasteiger partial charge on any atom is -0.0656 e. The molecule has 0 saturated carbocycles. The van der Waals surface area contributed by atoms with Crippen LogP contribution in [0.2, 0.25) is 90.7 Å². The van der Waals surface area contributed by atoms with E-state index in [4.69, 9.17) is 0 Å². The monoisotopic (exact) mass is 934 g/mol. The summed E-state index contributed by atoms with van der Waals surface area (Å²) in [4.78, 5) is 0. The van der Waals surface area contributed by atoms with Crippen molar-refractivity contribution in [2.45, 2.75) is 129 Å². The molecule has 0 aromatic heterocycles. The maximum Gasteiger partial charge on any atom is 0.0776 e. The van der Waals surface area contributed by atoms with E-state index in [-0.39, 0.29) is 0 Å². The lowest BCUT2D eigenvalue weighted by atomic mass is 9.87. The number of hydrogen-bond acceptors (Lipinski definition) is 0. The Morgan fingerprint density at radius 3 is 1.00 bits per heavy atom. The Labute approximate surface area is 400 Å². The smallest absolute Gasteiger partial charge is 0.0656 e. The summed E-state index contributed by atoms with van der Waals surface area (Å²) in [5.74, 6) is 0.924. The van der Waals surface area contributed by atoms with E-state index in [9.17, 15) is 0 Å². The van der Waals surface area contributed by atoms with Gasteiger partial charge in [0.25, 0.3) is 0 Å². The normalized spacial score (nSPS) is 16.3. The zero-order valence-electron chi connectivity index (χ0n) is 42.2. The molecule has 0 fully saturated rings. The third-order valence-electron chi connectivity index (χ3n) is 14.5. The third kappa shape index (κ3) is 9.69. The maximum atomic E-state index is 2.63. The minimum atomic E-state index is -1.59. The summed E-state index contributed by atoms with van der Waals surface area (Å²) in [6.07, 6.45) is 7.44. The van der Waals surface area contributed by atoms with Gasteiger partial charge in [0.05, 0.1) is 32.3 Å². The molecule has 2 atom stereocenters. The summed E-state index contributed by atoms with van der Waals surface area (Å²) >= 11 is 0. The number of fused-ring (bicyclic) bond motifs is 2. The van der Waals surface area contributed by atoms with E-state index in [1.54, 1.807) is 43.0 Å². The molecule has 0 amide bonds. The van der Waals surface area contributed by atoms with Gasteiger partial charge in [-0.15, -0.1) is 0 Å². The molecule has 6 aromatic rings. The quantitative estimate of drug-likeness (QED) is 0.0955. The molecule has 2 radical (unpaired) electrons. The predicted octanol–water partition coefficient (Wildman–Crippen LogP) is 15.6. The maximum absolute atomic E-state index is 2.63. The summed E-state index contributed by atoms with van der Waals surface area (Å²) in [6, 6.07) is 50.3. The van der Waals surface area contributed by atoms with Crippen LogP contribution in [0.25, 0.3) is 56.7 Å². The Balaban J connectivity index is 1.19. The molecule has 0 nitrogen and oxygen atoms in total. The van der Waals surface area contributed by atoms with Crippen LogP contribution in [0.3, 0.4) is 0 Å². The van der Waals surface area contributed by atoms with Gasteiger partial charge < -0.3 is 0 Å². The van der Waals surface area contributed by atoms with E-state index < -0.39 is 32.3 Å². The van der Waals surface area contributed by atoms with Gasteiger partial charge in [0.15, 0.2) is 0 Å². The van der Waals surface area contributed by atoms with Crippen molar-refractivity contribution in [3.05, 3.63) is 155 Å². The van der Waals surface area contributed by atoms with E-state index >= 15 is 0 Å². The molecular formula is C60H74Si5. The van der Waals surface area contributed by atoms with Crippen molar-refractivity contribution >= 4 is 74.7 Å². The fourth-order valence-electron chi connectivity index (χ4n) is 10.3. The van der Waals surface area contributed by atoms with Gasteiger partial charge in [-0.05, 0) is 79.6 Å². The molecule has 0 N–H and O–H groups in total. The Morgan fingerprint density at radius 2 is 0.708 bits per heavy atom. The van der Waals surface area contributed by atoms with Gasteiger partial charge in [0, 0.05) is 21.4 Å². The first kappa shape index (κ1) is 47.4. The summed E-state index contributed by atoms with van der Waals surface area (Å²) in [7, 11) is -5.48. The van der Waals surface area contributed by atoms with Gasteiger partial charge in [-0.2, -0.15) is 0 Å². The molecular weight excluding hydrogens is 861 g/mol. The first-order valence-corrected chi connectivity index (χ1v) is 40.0. The molecule has 8 rings (SSSR count). The van der Waals surface area contributed by atoms with Crippen LogP contribution in [0.5, 0.6) is 0 Å². The highest BCUT2D eigenvalue weighted by Crippen LogP contribution is 2.50. The average molecular weight is 936 g/mol. The van der Waals surface area contributed by atoms with E-state index in [1.807, 2.05) is 0 Å². The average Bonchev–Trinajstić information content (AvgIpc) is 3.82. The summed E-state index contributed by atoms with van der Waals surface area (Å²) in [5.41, 5.74) is 20.4. The molecule has 334 valence electrons. The van der Waals surface area contributed by atoms with Crippen molar-refractivity contribution in [2.24, 2.45) is 0 Å². The van der Waals surface area contributed by atoms with E-state index in [1.165, 1.54) is 67.7 Å². The summed E-state index contributed by atoms with van der Waals surface area (Å²) in [5, 5.41) is 6.32. The first-order chi connectivity index (χ1) is 30.7. The predicted molar refractivity (Wildman–Crippen MR) is 304 cm³/mol. The Morgan fingerprint density at radius 1 is 0.385 bits per heavy atom. The number of hydrogen-bond donors (Lipinski definition) is 0. The van der Waals surface area contributed by atoms with Gasteiger partial charge in [-0.25, -0.2) is 0 Å². The summed E-state index contributed by atoms with van der Waals surface area (Å²) < 4.78 is 0. The van der Waals surface area contributed by atoms with Crippen LogP contribution in [0.4, 0.5) is 0 Å². The first-order valence-electron chi connectivity index (χ1n) is 24.6. The van der Waals surface area contributed by atoms with Crippen LogP contribution in [0.15, 0.2) is 132 Å². The van der Waals surface area contributed by atoms with Crippen LogP contribution in [0, 0.1) is 0 Å². The molecule has 2 unspecified atom stereocenters. The van der Waals surface area contributed by atoms with Crippen LogP contribution in [-0.2, 0) is 0 Å². The molecule has 0 aliphatic heterocycles. The van der Waals surface area contributed by atoms with Gasteiger partial charge in [0.1, 0.15) is 0 Å². The fourth-order valence-corrected chi connectivity index (χ4v) is 17.0. The third-order valence-corrected chi connectivity index (χ3v) is 23.9. The topological polar surface area (TPSA) is 0 Å². The molecule has 0 heterocycles. The molecule has 2 aliphatic carbocycles. The van der Waals surface area contributed by atoms with Crippen LogP contribution < -0.4 is 20.7 Å². The zero-order chi connectivity index (χ0) is 46.6. The Hall–Kier alpha value is -4.12. The molecule has 6 aromatic carbocycles. The molecule has 0 spiro atoms. The van der Waals surface area contributed by atoms with Gasteiger partial charge in [-0.1, -0.05) is 270 Å². The number of rotatable bonds is 14. The standard InChI is InChI=1S/C60H74Si5/c1-15-41-35-55-53(29-27-51(43-23-19-17-20-24-43)59(55)45-31-47(62(3,4)5)37-48(32-45)63(6,7)8)57(41)39-61-40-58-42(16-2)36-56-54(58)30-28-52(44-25-21-18-22-26-44)60(56)46-33-49(64(9,10)11)38-50(34-46)65(12,13)14/h17-38,57-58H,15-16,39-40H2,1-14H3. The highest BCUT2D eigenvalue weighted by Gasteiger charge is 2.33. The molecule has 0 saturated heterocycles. The van der Waals surface area contributed by atoms with Crippen molar-refractivity contribution in [2.75, 3.05) is 0 Å². The molecule has 0 bridgehead atoms. The number of allylic oxidation sites excluding steroid dienone is 2. The lowest BCUT2D eigenvalue weighted by Gasteiger charge is -2.26. The lowest BCUT2D eigenvalue weighted by molar-refractivity contribution is 0.830. The van der Waals surface area contributed by atoms with E-state index in [0.29, 0.717) is 11.8 Å². The molecule has 5 heteroatoms. The van der Waals surface area contributed by atoms with Crippen molar-refractivity contribution < 1.29 is 0 Å². The molecule has 2 aliphatic rings. The van der Waals surface area contributed by atoms with Gasteiger partial charge in [-0.3, -0.25) is 0 Å². The second-order valence-corrected chi connectivity index (χ2v) is 44.8. The Bertz CT molecular complexity index is 2530. The Kier molecular flexibility index (Phi) is 13.2. The fraction of sp³-hybridized carbons (Fsp3) is 0.333. The van der Waals surface area contributed by atoms with Crippen LogP contribution in [-0.4, -0.2) is 41.8 Å². The van der Waals surface area contributed by atoms with Crippen molar-refractivity contribution in [1.82, 2.24) is 0 Å². The van der Waals surface area contributed by atoms with Crippen molar-refractivity contribution in [1.29, 1.82) is 0 Å². The van der Waals surface area contributed by atoms with Crippen LogP contribution >= 0.6 is 0 Å². The van der Waals surface area contributed by atoms with E-state index in [0.717, 1.165) is 22.4 Å². The van der Waals surface area contributed by atoms with Gasteiger partial charge >= 0.3 is 0 Å². The van der Waals surface area contributed by atoms with Crippen molar-refractivity contribution in [3.63, 3.8) is 0 Å². The largest absolute Gasteiger partial charge is 0.0776 e. The highest BCUT2D eigenvalue weighted by atomic mass is 28.3. The second kappa shape index (κ2) is 18.2. The SMILES string of the molecule is CCC1=Cc2c(ccc(-c3ccccc3)c2-c2cc([Si](C)(C)C)cc([Si](C)(C)C)c2)C1C[Si]CC1C(CC)=Cc2c1ccc(-c1ccccc1)c2-c1cc([Si](C)(C)C)cc([Si](C)(C)C)c1. The van der Waals surface area contributed by atoms with E-state index in [2.05, 4.69) is 226 Å². The molecule has 65 heavy (non-hydrogen) atoms. The van der Waals surface area contributed by atoms with Crippen LogP contribution in [0.1, 0.15) is 60.8 Å². The number of benzene rings is 6. The lowest BCUT2D eigenvalue weighted by Crippen LogP contribution is -2.45. The highest BCUT2D eigenvalue weighted by molar-refractivity contribution is 6.92. The van der Waals surface area contributed by atoms with Gasteiger partial charge in [0.2, 0.25) is 0 Å². The zero-order valence-corrected chi connectivity index (χ0v) is 47.2. The van der Waals surface area contributed by atoms with Crippen molar-refractivity contribution in [3.8, 4) is 44.5 Å². The summed E-state index contributed by atoms with van der Waals surface area (Å²) in [6.45, 7) is 35.0.